The lowest BCUT2D eigenvalue weighted by Crippen LogP contribution is -2.04. The molecule has 1 aromatic carbocycles. The zero-order valence-corrected chi connectivity index (χ0v) is 9.30. The summed E-state index contributed by atoms with van der Waals surface area (Å²) in [5, 5.41) is 0. The fraction of sp³-hybridized carbons (Fsp3) is 0.273. The predicted molar refractivity (Wildman–Crippen MR) is 57.3 cm³/mol. The Kier molecular flexibility index (Phi) is 3.86. The van der Waals surface area contributed by atoms with E-state index in [0.717, 1.165) is 5.56 Å². The molecule has 0 aromatic heterocycles. The third-order valence-electron chi connectivity index (χ3n) is 1.97. The highest BCUT2D eigenvalue weighted by Gasteiger charge is 2.10. The average molecular weight is 227 g/mol. The molecule has 0 aliphatic rings. The number of Topliss-reactive ketones (excluding diaryl/α,β-unsaturated/α-hetero) is 1. The lowest BCUT2D eigenvalue weighted by atomic mass is 10.0. The van der Waals surface area contributed by atoms with Crippen LogP contribution in [-0.4, -0.2) is 18.9 Å². The quantitative estimate of drug-likeness (QED) is 0.452. The summed E-state index contributed by atoms with van der Waals surface area (Å²) in [6.45, 7) is 1.44. The van der Waals surface area contributed by atoms with Crippen LogP contribution in [0.5, 0.6) is 0 Å². The number of hydrogen-bond acceptors (Lipinski definition) is 3. The second kappa shape index (κ2) is 4.94. The first-order valence-electron chi connectivity index (χ1n) is 4.37. The van der Waals surface area contributed by atoms with Crippen molar-refractivity contribution in [2.75, 3.05) is 7.11 Å². The van der Waals surface area contributed by atoms with Gasteiger partial charge in [-0.2, -0.15) is 0 Å². The second-order valence-electron chi connectivity index (χ2n) is 3.10. The van der Waals surface area contributed by atoms with Crippen LogP contribution in [0.25, 0.3) is 0 Å². The molecule has 0 atom stereocenters. The number of rotatable bonds is 3. The van der Waals surface area contributed by atoms with E-state index in [9.17, 15) is 9.59 Å². The smallest absolute Gasteiger partial charge is 0.337 e. The summed E-state index contributed by atoms with van der Waals surface area (Å²) in [6.07, 6.45) is 0. The summed E-state index contributed by atoms with van der Waals surface area (Å²) in [5.74, 6) is -0.318. The highest BCUT2D eigenvalue weighted by Crippen LogP contribution is 2.14. The number of halogens is 1. The molecule has 0 amide bonds. The molecule has 0 aliphatic carbocycles. The van der Waals surface area contributed by atoms with E-state index in [-0.39, 0.29) is 11.7 Å². The summed E-state index contributed by atoms with van der Waals surface area (Å²) in [4.78, 5) is 22.5. The van der Waals surface area contributed by atoms with Crippen LogP contribution in [0.3, 0.4) is 0 Å². The fourth-order valence-electron chi connectivity index (χ4n) is 1.21. The molecular weight excluding hydrogens is 216 g/mol. The van der Waals surface area contributed by atoms with Gasteiger partial charge in [0.25, 0.3) is 0 Å². The molecule has 1 aromatic rings. The van der Waals surface area contributed by atoms with Crippen molar-refractivity contribution >= 4 is 23.4 Å². The van der Waals surface area contributed by atoms with Crippen molar-refractivity contribution in [1.82, 2.24) is 0 Å². The Balaban J connectivity index is 3.23. The lowest BCUT2D eigenvalue weighted by Gasteiger charge is -2.04. The molecule has 0 unspecified atom stereocenters. The monoisotopic (exact) mass is 226 g/mol. The maximum absolute atomic E-state index is 11.3. The second-order valence-corrected chi connectivity index (χ2v) is 3.37. The van der Waals surface area contributed by atoms with Crippen molar-refractivity contribution < 1.29 is 14.3 Å². The van der Waals surface area contributed by atoms with Crippen molar-refractivity contribution in [1.29, 1.82) is 0 Å². The highest BCUT2D eigenvalue weighted by molar-refractivity contribution is 6.17. The largest absolute Gasteiger partial charge is 0.465 e. The molecule has 0 radical (unpaired) electrons. The summed E-state index contributed by atoms with van der Waals surface area (Å²) in [7, 11) is 1.29. The van der Waals surface area contributed by atoms with Gasteiger partial charge in [0.15, 0.2) is 5.78 Å². The molecule has 0 saturated heterocycles. The first-order valence-corrected chi connectivity index (χ1v) is 4.91. The first kappa shape index (κ1) is 11.7. The molecule has 0 aliphatic heterocycles. The molecule has 0 N–H and O–H groups in total. The Labute approximate surface area is 93.0 Å². The maximum atomic E-state index is 11.3. The minimum absolute atomic E-state index is 0.105. The summed E-state index contributed by atoms with van der Waals surface area (Å²) in [5.41, 5.74) is 1.54. The van der Waals surface area contributed by atoms with Crippen LogP contribution in [0.4, 0.5) is 0 Å². The van der Waals surface area contributed by atoms with Crippen molar-refractivity contribution in [2.24, 2.45) is 0 Å². The number of alkyl halides is 1. The van der Waals surface area contributed by atoms with Crippen molar-refractivity contribution in [3.63, 3.8) is 0 Å². The van der Waals surface area contributed by atoms with Crippen LogP contribution in [0.15, 0.2) is 18.2 Å². The van der Waals surface area contributed by atoms with Crippen molar-refractivity contribution in [3.8, 4) is 0 Å². The Hall–Kier alpha value is -1.35. The van der Waals surface area contributed by atoms with Crippen LogP contribution in [0, 0.1) is 0 Å². The average Bonchev–Trinajstić information content (AvgIpc) is 2.27. The number of benzene rings is 1. The zero-order valence-electron chi connectivity index (χ0n) is 8.54. The van der Waals surface area contributed by atoms with E-state index in [1.54, 1.807) is 12.1 Å². The van der Waals surface area contributed by atoms with Crippen LogP contribution in [0.2, 0.25) is 0 Å². The van der Waals surface area contributed by atoms with Gasteiger partial charge < -0.3 is 4.74 Å². The van der Waals surface area contributed by atoms with E-state index in [1.165, 1.54) is 20.1 Å². The van der Waals surface area contributed by atoms with Crippen LogP contribution >= 0.6 is 11.6 Å². The number of esters is 1. The SMILES string of the molecule is COC(=O)c1cc(CCl)cc(C(C)=O)c1. The molecule has 3 nitrogen and oxygen atoms in total. The number of hydrogen-bond donors (Lipinski definition) is 0. The molecular formula is C11H11ClO3. The van der Waals surface area contributed by atoms with Gasteiger partial charge in [0, 0.05) is 11.4 Å². The minimum Gasteiger partial charge on any atom is -0.465 e. The Morgan fingerprint density at radius 2 is 1.87 bits per heavy atom. The van der Waals surface area contributed by atoms with Crippen molar-refractivity contribution in [3.05, 3.63) is 34.9 Å². The van der Waals surface area contributed by atoms with E-state index in [4.69, 9.17) is 11.6 Å². The summed E-state index contributed by atoms with van der Waals surface area (Å²) in [6, 6.07) is 4.79. The molecule has 15 heavy (non-hydrogen) atoms. The van der Waals surface area contributed by atoms with Crippen LogP contribution in [0.1, 0.15) is 33.2 Å². The van der Waals surface area contributed by atoms with Gasteiger partial charge in [-0.05, 0) is 30.7 Å². The fourth-order valence-corrected chi connectivity index (χ4v) is 1.36. The molecule has 0 fully saturated rings. The summed E-state index contributed by atoms with van der Waals surface area (Å²) >= 11 is 5.66. The Morgan fingerprint density at radius 3 is 2.33 bits per heavy atom. The highest BCUT2D eigenvalue weighted by atomic mass is 35.5. The number of ether oxygens (including phenoxy) is 1. The van der Waals surface area contributed by atoms with Gasteiger partial charge >= 0.3 is 5.97 Å². The Bertz CT molecular complexity index is 399. The Morgan fingerprint density at radius 1 is 1.27 bits per heavy atom. The third-order valence-corrected chi connectivity index (χ3v) is 2.28. The van der Waals surface area contributed by atoms with E-state index in [0.29, 0.717) is 11.1 Å². The standard InChI is InChI=1S/C11H11ClO3/c1-7(13)9-3-8(6-12)4-10(5-9)11(14)15-2/h3-5H,6H2,1-2H3. The normalized spacial score (nSPS) is 9.80. The third kappa shape index (κ3) is 2.80. The predicted octanol–water partition coefficient (Wildman–Crippen LogP) is 2.41. The summed E-state index contributed by atoms with van der Waals surface area (Å²) < 4.78 is 4.58. The van der Waals surface area contributed by atoms with E-state index < -0.39 is 5.97 Å². The molecule has 4 heteroatoms. The topological polar surface area (TPSA) is 43.4 Å². The molecule has 0 heterocycles. The molecule has 0 saturated carbocycles. The van der Waals surface area contributed by atoms with Crippen LogP contribution < -0.4 is 0 Å². The van der Waals surface area contributed by atoms with Gasteiger partial charge in [-0.25, -0.2) is 4.79 Å². The van der Waals surface area contributed by atoms with E-state index in [1.807, 2.05) is 0 Å². The number of carbonyl (C=O) groups excluding carboxylic acids is 2. The van der Waals surface area contributed by atoms with Crippen molar-refractivity contribution in [2.45, 2.75) is 12.8 Å². The van der Waals surface area contributed by atoms with Gasteiger partial charge in [0.2, 0.25) is 0 Å². The van der Waals surface area contributed by atoms with Gasteiger partial charge in [0.1, 0.15) is 0 Å². The minimum atomic E-state index is -0.468. The van der Waals surface area contributed by atoms with E-state index >= 15 is 0 Å². The van der Waals surface area contributed by atoms with Crippen LogP contribution in [-0.2, 0) is 10.6 Å². The van der Waals surface area contributed by atoms with Gasteiger partial charge in [-0.15, -0.1) is 11.6 Å². The number of ketones is 1. The lowest BCUT2D eigenvalue weighted by molar-refractivity contribution is 0.0600. The van der Waals surface area contributed by atoms with E-state index in [2.05, 4.69) is 4.74 Å². The van der Waals surface area contributed by atoms with Gasteiger partial charge in [-0.1, -0.05) is 0 Å². The number of carbonyl (C=O) groups is 2. The van der Waals surface area contributed by atoms with Gasteiger partial charge in [-0.3, -0.25) is 4.79 Å². The maximum Gasteiger partial charge on any atom is 0.337 e. The zero-order chi connectivity index (χ0) is 11.4. The molecule has 1 rings (SSSR count). The van der Waals surface area contributed by atoms with Gasteiger partial charge in [0.05, 0.1) is 12.7 Å². The number of methoxy groups -OCH3 is 1. The first-order chi connectivity index (χ1) is 7.08. The molecule has 80 valence electrons. The molecule has 0 bridgehead atoms. The molecule has 0 spiro atoms.